The Morgan fingerprint density at radius 1 is 1.12 bits per heavy atom. The zero-order valence-electron chi connectivity index (χ0n) is 13.0. The number of nitrogens with zero attached hydrogens (tertiary/aromatic N) is 1. The molecular weight excluding hydrogens is 385 g/mol. The molecule has 0 fully saturated rings. The minimum absolute atomic E-state index is 0.112. The number of carbonyl (C=O) groups is 1. The number of benzene rings is 1. The largest absolute Gasteiger partial charge is 0.478 e. The number of sulfonamides is 2. The Morgan fingerprint density at radius 2 is 1.58 bits per heavy atom. The van der Waals surface area contributed by atoms with Crippen LogP contribution in [0, 0.1) is 5.82 Å². The Balaban J connectivity index is 3.76. The highest BCUT2D eigenvalue weighted by Crippen LogP contribution is 2.35. The van der Waals surface area contributed by atoms with Crippen molar-refractivity contribution in [1.82, 2.24) is 0 Å². The second kappa shape index (κ2) is 7.66. The van der Waals surface area contributed by atoms with Gasteiger partial charge in [-0.15, -0.1) is 0 Å². The predicted molar refractivity (Wildman–Crippen MR) is 89.0 cm³/mol. The van der Waals surface area contributed by atoms with Crippen LogP contribution in [-0.2, 0) is 20.0 Å². The number of rotatable bonds is 8. The van der Waals surface area contributed by atoms with E-state index in [1.165, 1.54) is 13.8 Å². The van der Waals surface area contributed by atoms with E-state index in [0.29, 0.717) is 6.07 Å². The average Bonchev–Trinajstić information content (AvgIpc) is 2.40. The van der Waals surface area contributed by atoms with E-state index in [-0.39, 0.29) is 16.6 Å². The maximum absolute atomic E-state index is 13.7. The number of hydrogen-bond acceptors (Lipinski definition) is 5. The molecule has 0 spiro atoms. The Bertz CT molecular complexity index is 802. The van der Waals surface area contributed by atoms with Gasteiger partial charge in [-0.05, 0) is 25.0 Å². The van der Waals surface area contributed by atoms with Crippen molar-refractivity contribution in [3.05, 3.63) is 28.5 Å². The summed E-state index contributed by atoms with van der Waals surface area (Å²) in [7, 11) is -8.68. The molecule has 0 radical (unpaired) electrons. The molecule has 0 atom stereocenters. The first-order chi connectivity index (χ1) is 11.0. The fourth-order valence-electron chi connectivity index (χ4n) is 2.03. The SMILES string of the molecule is CCCS(=O)(=O)N(c1ccc(F)c(C(=O)O)c1Cl)S(=O)(=O)CCC. The molecule has 0 amide bonds. The molecular formula is C13H17ClFNO6S2. The fraction of sp³-hybridized carbons (Fsp3) is 0.462. The maximum atomic E-state index is 13.7. The Kier molecular flexibility index (Phi) is 6.59. The summed E-state index contributed by atoms with van der Waals surface area (Å²) in [4.78, 5) is 11.1. The van der Waals surface area contributed by atoms with Gasteiger partial charge in [-0.3, -0.25) is 0 Å². The molecule has 0 aliphatic rings. The van der Waals surface area contributed by atoms with Crippen molar-refractivity contribution in [3.63, 3.8) is 0 Å². The van der Waals surface area contributed by atoms with Gasteiger partial charge in [0, 0.05) is 0 Å². The molecule has 0 unspecified atom stereocenters. The standard InChI is InChI=1S/C13H17ClFNO6S2/c1-3-7-23(19,20)16(24(21,22)8-4-2)10-6-5-9(15)11(12(10)14)13(17)18/h5-6H,3-4,7-8H2,1-2H3,(H,17,18). The van der Waals surface area contributed by atoms with Gasteiger partial charge in [-0.25, -0.2) is 26.0 Å². The molecule has 1 rings (SSSR count). The van der Waals surface area contributed by atoms with E-state index in [0.717, 1.165) is 6.07 Å². The molecule has 0 saturated heterocycles. The smallest absolute Gasteiger partial charge is 0.340 e. The van der Waals surface area contributed by atoms with Crippen LogP contribution in [0.5, 0.6) is 0 Å². The third kappa shape index (κ3) is 4.17. The van der Waals surface area contributed by atoms with Gasteiger partial charge in [-0.1, -0.05) is 25.4 Å². The van der Waals surface area contributed by atoms with Gasteiger partial charge in [0.2, 0.25) is 20.0 Å². The monoisotopic (exact) mass is 401 g/mol. The summed E-state index contributed by atoms with van der Waals surface area (Å²) in [6, 6.07) is 1.51. The minimum Gasteiger partial charge on any atom is -0.478 e. The number of carboxylic acids is 1. The van der Waals surface area contributed by atoms with Gasteiger partial charge in [0.1, 0.15) is 11.4 Å². The number of aromatic carboxylic acids is 1. The van der Waals surface area contributed by atoms with Gasteiger partial charge < -0.3 is 5.11 Å². The van der Waals surface area contributed by atoms with Crippen LogP contribution in [-0.4, -0.2) is 39.4 Å². The number of hydrogen-bond donors (Lipinski definition) is 1. The molecule has 136 valence electrons. The van der Waals surface area contributed by atoms with Gasteiger partial charge >= 0.3 is 5.97 Å². The molecule has 24 heavy (non-hydrogen) atoms. The van der Waals surface area contributed by atoms with E-state index >= 15 is 0 Å². The number of anilines is 1. The second-order valence-corrected chi connectivity index (χ2v) is 9.37. The predicted octanol–water partition coefficient (Wildman–Crippen LogP) is 2.46. The first kappa shape index (κ1) is 20.7. The summed E-state index contributed by atoms with van der Waals surface area (Å²) >= 11 is 5.82. The molecule has 0 bridgehead atoms. The van der Waals surface area contributed by atoms with E-state index in [2.05, 4.69) is 0 Å². The Morgan fingerprint density at radius 3 is 1.96 bits per heavy atom. The molecule has 0 aliphatic carbocycles. The molecule has 0 heterocycles. The molecule has 1 aromatic rings. The van der Waals surface area contributed by atoms with Crippen LogP contribution in [0.1, 0.15) is 37.0 Å². The summed E-state index contributed by atoms with van der Waals surface area (Å²) in [6.45, 7) is 3.08. The van der Waals surface area contributed by atoms with Crippen molar-refractivity contribution < 1.29 is 31.1 Å². The summed E-state index contributed by atoms with van der Waals surface area (Å²) in [5, 5.41) is 8.23. The quantitative estimate of drug-likeness (QED) is 0.716. The summed E-state index contributed by atoms with van der Waals surface area (Å²) in [5.74, 6) is -3.92. The minimum atomic E-state index is -4.34. The highest BCUT2D eigenvalue weighted by molar-refractivity contribution is 8.10. The lowest BCUT2D eigenvalue weighted by Gasteiger charge is -2.25. The first-order valence-corrected chi connectivity index (χ1v) is 10.6. The lowest BCUT2D eigenvalue weighted by atomic mass is 10.2. The lowest BCUT2D eigenvalue weighted by molar-refractivity contribution is 0.0692. The van der Waals surface area contributed by atoms with Crippen LogP contribution >= 0.6 is 11.6 Å². The lowest BCUT2D eigenvalue weighted by Crippen LogP contribution is -2.40. The van der Waals surface area contributed by atoms with Crippen molar-refractivity contribution in [1.29, 1.82) is 0 Å². The van der Waals surface area contributed by atoms with Crippen LogP contribution in [0.4, 0.5) is 10.1 Å². The van der Waals surface area contributed by atoms with E-state index in [9.17, 15) is 26.0 Å². The molecule has 11 heteroatoms. The topological polar surface area (TPSA) is 109 Å². The Hall–Kier alpha value is -1.39. The van der Waals surface area contributed by atoms with Gasteiger partial charge in [0.05, 0.1) is 22.2 Å². The number of halogens is 2. The first-order valence-electron chi connectivity index (χ1n) is 6.96. The van der Waals surface area contributed by atoms with E-state index in [4.69, 9.17) is 16.7 Å². The van der Waals surface area contributed by atoms with Crippen LogP contribution in [0.25, 0.3) is 0 Å². The van der Waals surface area contributed by atoms with Gasteiger partial charge in [-0.2, -0.15) is 3.71 Å². The van der Waals surface area contributed by atoms with Crippen LogP contribution in [0.2, 0.25) is 5.02 Å². The summed E-state index contributed by atoms with van der Waals surface area (Å²) in [5.41, 5.74) is -1.59. The van der Waals surface area contributed by atoms with Crippen molar-refractivity contribution in [2.24, 2.45) is 0 Å². The maximum Gasteiger partial charge on any atom is 0.340 e. The zero-order chi connectivity index (χ0) is 18.7. The molecule has 1 aromatic carbocycles. The van der Waals surface area contributed by atoms with Crippen LogP contribution < -0.4 is 3.71 Å². The van der Waals surface area contributed by atoms with Gasteiger partial charge in [0.25, 0.3) is 0 Å². The second-order valence-electron chi connectivity index (χ2n) is 4.89. The van der Waals surface area contributed by atoms with E-state index in [1.807, 2.05) is 0 Å². The van der Waals surface area contributed by atoms with Crippen molar-refractivity contribution in [3.8, 4) is 0 Å². The summed E-state index contributed by atoms with van der Waals surface area (Å²) < 4.78 is 63.4. The van der Waals surface area contributed by atoms with Crippen LogP contribution in [0.3, 0.4) is 0 Å². The van der Waals surface area contributed by atoms with Crippen molar-refractivity contribution in [2.75, 3.05) is 15.2 Å². The molecule has 0 saturated carbocycles. The molecule has 0 aliphatic heterocycles. The Labute approximate surface area is 145 Å². The molecule has 0 aromatic heterocycles. The highest BCUT2D eigenvalue weighted by Gasteiger charge is 2.36. The summed E-state index contributed by atoms with van der Waals surface area (Å²) in [6.07, 6.45) is 0.260. The average molecular weight is 402 g/mol. The van der Waals surface area contributed by atoms with Crippen LogP contribution in [0.15, 0.2) is 12.1 Å². The molecule has 1 N–H and O–H groups in total. The van der Waals surface area contributed by atoms with E-state index in [1.54, 1.807) is 0 Å². The normalized spacial score (nSPS) is 12.2. The zero-order valence-corrected chi connectivity index (χ0v) is 15.4. The highest BCUT2D eigenvalue weighted by atomic mass is 35.5. The number of carboxylic acid groups (broad SMARTS) is 1. The van der Waals surface area contributed by atoms with Gasteiger partial charge in [0.15, 0.2) is 0 Å². The third-order valence-electron chi connectivity index (χ3n) is 2.91. The van der Waals surface area contributed by atoms with Crippen molar-refractivity contribution in [2.45, 2.75) is 26.7 Å². The third-order valence-corrected chi connectivity index (χ3v) is 7.91. The van der Waals surface area contributed by atoms with E-state index < -0.39 is 59.6 Å². The fourth-order valence-corrected chi connectivity index (χ4v) is 6.55. The van der Waals surface area contributed by atoms with Crippen molar-refractivity contribution >= 4 is 43.3 Å². The molecule has 7 nitrogen and oxygen atoms in total.